The number of nitrogens with one attached hydrogen (secondary N) is 1. The van der Waals surface area contributed by atoms with E-state index < -0.39 is 12.8 Å². The summed E-state index contributed by atoms with van der Waals surface area (Å²) in [7, 11) is 0. The molecular formula is C17H20F3N3O2. The number of alkyl halides is 3. The minimum absolute atomic E-state index is 0.205. The van der Waals surface area contributed by atoms with Crippen molar-refractivity contribution in [3.8, 4) is 0 Å². The van der Waals surface area contributed by atoms with E-state index in [0.717, 1.165) is 17.8 Å². The van der Waals surface area contributed by atoms with E-state index in [1.54, 1.807) is 24.4 Å². The molecule has 0 radical (unpaired) electrons. The van der Waals surface area contributed by atoms with Crippen LogP contribution in [0.2, 0.25) is 0 Å². The summed E-state index contributed by atoms with van der Waals surface area (Å²) in [5, 5.41) is 7.00. The Morgan fingerprint density at radius 1 is 1.36 bits per heavy atom. The van der Waals surface area contributed by atoms with E-state index in [4.69, 9.17) is 0 Å². The monoisotopic (exact) mass is 355 g/mol. The van der Waals surface area contributed by atoms with Crippen LogP contribution >= 0.6 is 0 Å². The summed E-state index contributed by atoms with van der Waals surface area (Å²) < 4.78 is 42.7. The zero-order valence-electron chi connectivity index (χ0n) is 14.1. The van der Waals surface area contributed by atoms with E-state index in [2.05, 4.69) is 15.2 Å². The van der Waals surface area contributed by atoms with E-state index in [9.17, 15) is 18.0 Å². The molecule has 1 aromatic carbocycles. The number of carbonyl (C=O) groups is 1. The Balaban J connectivity index is 1.93. The highest BCUT2D eigenvalue weighted by atomic mass is 19.4. The molecule has 0 saturated heterocycles. The van der Waals surface area contributed by atoms with Crippen molar-refractivity contribution in [1.29, 1.82) is 0 Å². The highest BCUT2D eigenvalue weighted by molar-refractivity contribution is 5.94. The summed E-state index contributed by atoms with van der Waals surface area (Å²) >= 11 is 0. The Bertz CT molecular complexity index is 726. The van der Waals surface area contributed by atoms with E-state index in [0.29, 0.717) is 17.7 Å². The van der Waals surface area contributed by atoms with E-state index >= 15 is 0 Å². The molecule has 1 aromatic heterocycles. The van der Waals surface area contributed by atoms with Crippen molar-refractivity contribution in [1.82, 2.24) is 15.1 Å². The number of hydrogen-bond acceptors (Lipinski definition) is 3. The number of aryl methyl sites for hydroxylation is 1. The summed E-state index contributed by atoms with van der Waals surface area (Å²) in [6.07, 6.45) is -2.66. The third-order valence-corrected chi connectivity index (χ3v) is 3.67. The first-order chi connectivity index (χ1) is 11.8. The van der Waals surface area contributed by atoms with Gasteiger partial charge in [-0.15, -0.1) is 0 Å². The number of amides is 1. The van der Waals surface area contributed by atoms with Gasteiger partial charge in [0.05, 0.1) is 12.8 Å². The van der Waals surface area contributed by atoms with Gasteiger partial charge in [-0.3, -0.25) is 9.48 Å². The third kappa shape index (κ3) is 5.60. The fourth-order valence-electron chi connectivity index (χ4n) is 2.34. The summed E-state index contributed by atoms with van der Waals surface area (Å²) in [6.45, 7) is 3.47. The van der Waals surface area contributed by atoms with Crippen LogP contribution in [0.25, 0.3) is 0 Å². The van der Waals surface area contributed by atoms with Gasteiger partial charge < -0.3 is 10.1 Å². The first-order valence-electron chi connectivity index (χ1n) is 7.83. The molecule has 0 aliphatic rings. The minimum Gasteiger partial charge on any atom is -0.367 e. The van der Waals surface area contributed by atoms with Gasteiger partial charge in [0.15, 0.2) is 0 Å². The third-order valence-electron chi connectivity index (χ3n) is 3.67. The van der Waals surface area contributed by atoms with E-state index in [-0.39, 0.29) is 12.5 Å². The Kier molecular flexibility index (Phi) is 6.19. The standard InChI is InChI=1S/C17H20F3N3O2/c1-3-23-12(2)15(9-22-23)8-21-16(24)14-6-4-5-13(7-14)10-25-11-17(18,19)20/h4-7,9H,3,8,10-11H2,1-2H3,(H,21,24). The number of nitrogens with zero attached hydrogens (tertiary/aromatic N) is 2. The van der Waals surface area contributed by atoms with Crippen molar-refractivity contribution in [3.05, 3.63) is 52.8 Å². The molecule has 1 amide bonds. The molecule has 136 valence electrons. The van der Waals surface area contributed by atoms with Crippen LogP contribution in [0.4, 0.5) is 13.2 Å². The van der Waals surface area contributed by atoms with Crippen LogP contribution in [-0.2, 0) is 24.4 Å². The van der Waals surface area contributed by atoms with Crippen LogP contribution in [0, 0.1) is 6.92 Å². The average molecular weight is 355 g/mol. The Morgan fingerprint density at radius 3 is 2.76 bits per heavy atom. The average Bonchev–Trinajstić information content (AvgIpc) is 2.91. The Hall–Kier alpha value is -2.35. The van der Waals surface area contributed by atoms with E-state index in [1.165, 1.54) is 6.07 Å². The molecule has 25 heavy (non-hydrogen) atoms. The van der Waals surface area contributed by atoms with Crippen LogP contribution in [0.1, 0.15) is 34.1 Å². The largest absolute Gasteiger partial charge is 0.411 e. The Morgan fingerprint density at radius 2 is 2.12 bits per heavy atom. The molecule has 1 N–H and O–H groups in total. The van der Waals surface area contributed by atoms with E-state index in [1.807, 2.05) is 18.5 Å². The highest BCUT2D eigenvalue weighted by Crippen LogP contribution is 2.16. The van der Waals surface area contributed by atoms with Gasteiger partial charge >= 0.3 is 6.18 Å². The summed E-state index contributed by atoms with van der Waals surface area (Å²) in [5.41, 5.74) is 2.78. The quantitative estimate of drug-likeness (QED) is 0.830. The second-order valence-corrected chi connectivity index (χ2v) is 5.56. The topological polar surface area (TPSA) is 56.2 Å². The number of benzene rings is 1. The molecule has 0 fully saturated rings. The first-order valence-corrected chi connectivity index (χ1v) is 7.83. The van der Waals surface area contributed by atoms with Gasteiger partial charge in [-0.25, -0.2) is 0 Å². The molecule has 5 nitrogen and oxygen atoms in total. The number of carbonyl (C=O) groups excluding carboxylic acids is 1. The predicted octanol–water partition coefficient (Wildman–Crippen LogP) is 3.22. The molecule has 0 saturated carbocycles. The number of hydrogen-bond donors (Lipinski definition) is 1. The van der Waals surface area contributed by atoms with Crippen LogP contribution < -0.4 is 5.32 Å². The number of halogens is 3. The summed E-state index contributed by atoms with van der Waals surface area (Å²) in [4.78, 5) is 12.2. The van der Waals surface area contributed by atoms with Crippen molar-refractivity contribution in [3.63, 3.8) is 0 Å². The smallest absolute Gasteiger partial charge is 0.367 e. The van der Waals surface area contributed by atoms with Gasteiger partial charge in [-0.1, -0.05) is 12.1 Å². The molecule has 0 aliphatic heterocycles. The first kappa shape index (κ1) is 19.0. The molecule has 1 heterocycles. The zero-order chi connectivity index (χ0) is 18.4. The fourth-order valence-corrected chi connectivity index (χ4v) is 2.34. The predicted molar refractivity (Wildman–Crippen MR) is 86.0 cm³/mol. The molecule has 0 aliphatic carbocycles. The molecule has 0 unspecified atom stereocenters. The lowest BCUT2D eigenvalue weighted by Gasteiger charge is -2.09. The maximum absolute atomic E-state index is 12.2. The molecule has 0 atom stereocenters. The van der Waals surface area contributed by atoms with Gasteiger partial charge in [-0.05, 0) is 31.5 Å². The summed E-state index contributed by atoms with van der Waals surface area (Å²) in [6, 6.07) is 6.35. The molecule has 0 spiro atoms. The molecule has 0 bridgehead atoms. The second kappa shape index (κ2) is 8.15. The number of rotatable bonds is 7. The molecular weight excluding hydrogens is 335 g/mol. The SMILES string of the molecule is CCn1ncc(CNC(=O)c2cccc(COCC(F)(F)F)c2)c1C. The van der Waals surface area contributed by atoms with Crippen LogP contribution in [0.5, 0.6) is 0 Å². The zero-order valence-corrected chi connectivity index (χ0v) is 14.1. The molecule has 2 aromatic rings. The second-order valence-electron chi connectivity index (χ2n) is 5.56. The van der Waals surface area contributed by atoms with Crippen molar-refractivity contribution < 1.29 is 22.7 Å². The molecule has 2 rings (SSSR count). The van der Waals surface area contributed by atoms with Crippen molar-refractivity contribution in [2.75, 3.05) is 6.61 Å². The van der Waals surface area contributed by atoms with Crippen molar-refractivity contribution in [2.45, 2.75) is 39.7 Å². The van der Waals surface area contributed by atoms with Gasteiger partial charge in [0, 0.05) is 29.9 Å². The number of aromatic nitrogens is 2. The summed E-state index contributed by atoms with van der Waals surface area (Å²) in [5.74, 6) is -0.304. The van der Waals surface area contributed by atoms with Crippen LogP contribution in [0.3, 0.4) is 0 Å². The maximum atomic E-state index is 12.2. The highest BCUT2D eigenvalue weighted by Gasteiger charge is 2.27. The molecule has 8 heteroatoms. The van der Waals surface area contributed by atoms with Gasteiger partial charge in [-0.2, -0.15) is 18.3 Å². The van der Waals surface area contributed by atoms with Gasteiger partial charge in [0.25, 0.3) is 5.91 Å². The maximum Gasteiger partial charge on any atom is 0.411 e. The Labute approximate surface area is 143 Å². The van der Waals surface area contributed by atoms with Gasteiger partial charge in [0.1, 0.15) is 6.61 Å². The van der Waals surface area contributed by atoms with Gasteiger partial charge in [0.2, 0.25) is 0 Å². The lowest BCUT2D eigenvalue weighted by molar-refractivity contribution is -0.176. The lowest BCUT2D eigenvalue weighted by Crippen LogP contribution is -2.23. The fraction of sp³-hybridized carbons (Fsp3) is 0.412. The van der Waals surface area contributed by atoms with Crippen LogP contribution in [0.15, 0.2) is 30.5 Å². The lowest BCUT2D eigenvalue weighted by atomic mass is 10.1. The normalized spacial score (nSPS) is 11.6. The minimum atomic E-state index is -4.37. The van der Waals surface area contributed by atoms with Crippen molar-refractivity contribution >= 4 is 5.91 Å². The van der Waals surface area contributed by atoms with Crippen molar-refractivity contribution in [2.24, 2.45) is 0 Å². The number of ether oxygens (including phenoxy) is 1. The van der Waals surface area contributed by atoms with Crippen LogP contribution in [-0.4, -0.2) is 28.5 Å².